The minimum absolute atomic E-state index is 0.446. The molecule has 0 radical (unpaired) electrons. The number of unbranched alkanes of at least 4 members (excludes halogenated alkanes) is 3. The topological polar surface area (TPSA) is 18.5 Å². The molecule has 0 spiro atoms. The highest BCUT2D eigenvalue weighted by Gasteiger charge is 2.13. The summed E-state index contributed by atoms with van der Waals surface area (Å²) in [6, 6.07) is 9.80. The van der Waals surface area contributed by atoms with Crippen molar-refractivity contribution in [3.05, 3.63) is 35.4 Å². The number of fused-ring (bicyclic) bond motifs is 1. The van der Waals surface area contributed by atoms with Gasteiger partial charge in [0.15, 0.2) is 0 Å². The minimum Gasteiger partial charge on any atom is -0.492 e. The van der Waals surface area contributed by atoms with Crippen LogP contribution in [0.1, 0.15) is 32.6 Å². The van der Waals surface area contributed by atoms with Gasteiger partial charge in [-0.15, -0.1) is 11.6 Å². The minimum atomic E-state index is 0.446. The maximum atomic E-state index is 6.39. The van der Waals surface area contributed by atoms with Crippen molar-refractivity contribution in [3.63, 3.8) is 0 Å². The zero-order valence-corrected chi connectivity index (χ0v) is 14.4. The lowest BCUT2D eigenvalue weighted by molar-refractivity contribution is 0.307. The number of benzene rings is 2. The highest BCUT2D eigenvalue weighted by Crippen LogP contribution is 2.39. The second-order valence-electron chi connectivity index (χ2n) is 5.18. The van der Waals surface area contributed by atoms with Gasteiger partial charge in [-0.25, -0.2) is 0 Å². The number of alkyl halides is 1. The first-order valence-electron chi connectivity index (χ1n) is 7.80. The van der Waals surface area contributed by atoms with Crippen LogP contribution in [0.25, 0.3) is 10.8 Å². The van der Waals surface area contributed by atoms with E-state index >= 15 is 0 Å². The summed E-state index contributed by atoms with van der Waals surface area (Å²) in [5.74, 6) is 1.94. The largest absolute Gasteiger partial charge is 0.492 e. The van der Waals surface area contributed by atoms with Crippen molar-refractivity contribution >= 4 is 34.0 Å². The quantitative estimate of drug-likeness (QED) is 0.407. The summed E-state index contributed by atoms with van der Waals surface area (Å²) in [4.78, 5) is 0. The fourth-order valence-corrected chi connectivity index (χ4v) is 2.73. The van der Waals surface area contributed by atoms with Crippen LogP contribution >= 0.6 is 23.2 Å². The molecular formula is C18H22Cl2O2. The molecule has 0 aliphatic rings. The molecule has 2 nitrogen and oxygen atoms in total. The molecule has 2 aromatic carbocycles. The van der Waals surface area contributed by atoms with Crippen molar-refractivity contribution in [2.45, 2.75) is 32.6 Å². The Labute approximate surface area is 142 Å². The van der Waals surface area contributed by atoms with Crippen molar-refractivity contribution in [1.29, 1.82) is 0 Å². The number of hydrogen-bond acceptors (Lipinski definition) is 2. The summed E-state index contributed by atoms with van der Waals surface area (Å²) in [5, 5.41) is 2.56. The Morgan fingerprint density at radius 2 is 1.73 bits per heavy atom. The molecule has 0 atom stereocenters. The normalized spacial score (nSPS) is 10.9. The highest BCUT2D eigenvalue weighted by atomic mass is 35.5. The summed E-state index contributed by atoms with van der Waals surface area (Å²) >= 11 is 12.1. The molecule has 0 unspecified atom stereocenters. The molecule has 0 heterocycles. The molecule has 22 heavy (non-hydrogen) atoms. The molecule has 0 fully saturated rings. The molecule has 0 saturated heterocycles. The van der Waals surface area contributed by atoms with Crippen LogP contribution in [0.3, 0.4) is 0 Å². The van der Waals surface area contributed by atoms with E-state index in [1.165, 1.54) is 19.3 Å². The molecule has 2 rings (SSSR count). The molecule has 2 aromatic rings. The van der Waals surface area contributed by atoms with E-state index in [1.807, 2.05) is 30.3 Å². The second kappa shape index (κ2) is 9.12. The molecule has 0 saturated carbocycles. The molecule has 0 N–H and O–H groups in total. The Bertz CT molecular complexity index is 599. The van der Waals surface area contributed by atoms with Crippen LogP contribution in [0.2, 0.25) is 5.02 Å². The zero-order chi connectivity index (χ0) is 15.8. The first-order chi connectivity index (χ1) is 10.8. The number of ether oxygens (including phenoxy) is 2. The van der Waals surface area contributed by atoms with E-state index in [2.05, 4.69) is 6.92 Å². The molecule has 0 aliphatic heterocycles. The number of hydrogen-bond donors (Lipinski definition) is 0. The molecule has 120 valence electrons. The van der Waals surface area contributed by atoms with E-state index in [4.69, 9.17) is 32.7 Å². The monoisotopic (exact) mass is 340 g/mol. The Balaban J connectivity index is 2.21. The molecule has 0 amide bonds. The van der Waals surface area contributed by atoms with Crippen molar-refractivity contribution < 1.29 is 9.47 Å². The van der Waals surface area contributed by atoms with E-state index < -0.39 is 0 Å². The van der Waals surface area contributed by atoms with Crippen molar-refractivity contribution in [3.8, 4) is 11.5 Å². The first kappa shape index (κ1) is 17.2. The lowest BCUT2D eigenvalue weighted by Gasteiger charge is -2.15. The Morgan fingerprint density at radius 3 is 2.45 bits per heavy atom. The van der Waals surface area contributed by atoms with Gasteiger partial charge >= 0.3 is 0 Å². The van der Waals surface area contributed by atoms with E-state index in [9.17, 15) is 0 Å². The predicted octanol–water partition coefficient (Wildman–Crippen LogP) is 6.07. The van der Waals surface area contributed by atoms with Gasteiger partial charge in [0, 0.05) is 16.8 Å². The summed E-state index contributed by atoms with van der Waals surface area (Å²) in [7, 11) is 0. The van der Waals surface area contributed by atoms with Gasteiger partial charge in [0.25, 0.3) is 0 Å². The summed E-state index contributed by atoms with van der Waals surface area (Å²) in [6.45, 7) is 3.34. The van der Waals surface area contributed by atoms with Crippen LogP contribution in [-0.4, -0.2) is 19.1 Å². The molecule has 0 aromatic heterocycles. The zero-order valence-electron chi connectivity index (χ0n) is 12.9. The van der Waals surface area contributed by atoms with Gasteiger partial charge in [0.2, 0.25) is 0 Å². The van der Waals surface area contributed by atoms with Crippen molar-refractivity contribution in [2.75, 3.05) is 19.1 Å². The van der Waals surface area contributed by atoms with Gasteiger partial charge in [-0.1, -0.05) is 62.1 Å². The number of rotatable bonds is 9. The van der Waals surface area contributed by atoms with Gasteiger partial charge in [0.1, 0.15) is 18.1 Å². The van der Waals surface area contributed by atoms with Crippen molar-refractivity contribution in [1.82, 2.24) is 0 Å². The summed E-state index contributed by atoms with van der Waals surface area (Å²) in [6.07, 6.45) is 4.69. The fourth-order valence-electron chi connectivity index (χ4n) is 2.40. The van der Waals surface area contributed by atoms with Crippen LogP contribution < -0.4 is 9.47 Å². The van der Waals surface area contributed by atoms with Crippen LogP contribution in [0.5, 0.6) is 11.5 Å². The van der Waals surface area contributed by atoms with E-state index in [0.29, 0.717) is 24.1 Å². The van der Waals surface area contributed by atoms with E-state index in [0.717, 1.165) is 28.7 Å². The third-order valence-electron chi connectivity index (χ3n) is 3.49. The lowest BCUT2D eigenvalue weighted by atomic mass is 10.1. The third-order valence-corrected chi connectivity index (χ3v) is 3.93. The van der Waals surface area contributed by atoms with E-state index in [1.54, 1.807) is 0 Å². The average Bonchev–Trinajstić information content (AvgIpc) is 2.54. The maximum Gasteiger partial charge on any atom is 0.145 e. The number of halogens is 2. The van der Waals surface area contributed by atoms with Gasteiger partial charge < -0.3 is 9.47 Å². The Morgan fingerprint density at radius 1 is 0.955 bits per heavy atom. The van der Waals surface area contributed by atoms with Crippen LogP contribution in [-0.2, 0) is 0 Å². The second-order valence-corrected chi connectivity index (χ2v) is 5.96. The lowest BCUT2D eigenvalue weighted by Crippen LogP contribution is -2.01. The SMILES string of the molecule is CCCCCCOc1c(Cl)cc(OCCCl)c2ccccc12. The summed E-state index contributed by atoms with van der Waals surface area (Å²) in [5.41, 5.74) is 0. The van der Waals surface area contributed by atoms with Gasteiger partial charge in [-0.3, -0.25) is 0 Å². The average molecular weight is 341 g/mol. The maximum absolute atomic E-state index is 6.39. The smallest absolute Gasteiger partial charge is 0.145 e. The van der Waals surface area contributed by atoms with Crippen LogP contribution in [0.4, 0.5) is 0 Å². The molecule has 4 heteroatoms. The molecular weight excluding hydrogens is 319 g/mol. The first-order valence-corrected chi connectivity index (χ1v) is 8.72. The van der Waals surface area contributed by atoms with Crippen molar-refractivity contribution in [2.24, 2.45) is 0 Å². The van der Waals surface area contributed by atoms with Gasteiger partial charge in [-0.05, 0) is 6.42 Å². The third kappa shape index (κ3) is 4.44. The standard InChI is InChI=1S/C18H22Cl2O2/c1-2-3-4-7-11-22-18-15-9-6-5-8-14(15)17(13-16(18)20)21-12-10-19/h5-6,8-9,13H,2-4,7,10-12H2,1H3. The highest BCUT2D eigenvalue weighted by molar-refractivity contribution is 6.33. The molecule has 0 bridgehead atoms. The van der Waals surface area contributed by atoms with Gasteiger partial charge in [0.05, 0.1) is 17.5 Å². The predicted molar refractivity (Wildman–Crippen MR) is 94.8 cm³/mol. The van der Waals surface area contributed by atoms with Gasteiger partial charge in [-0.2, -0.15) is 0 Å². The summed E-state index contributed by atoms with van der Waals surface area (Å²) < 4.78 is 11.6. The van der Waals surface area contributed by atoms with E-state index in [-0.39, 0.29) is 0 Å². The Hall–Kier alpha value is -1.12. The fraction of sp³-hybridized carbons (Fsp3) is 0.444. The van der Waals surface area contributed by atoms with Crippen LogP contribution in [0.15, 0.2) is 30.3 Å². The molecule has 0 aliphatic carbocycles. The Kier molecular flexibility index (Phi) is 7.14. The van der Waals surface area contributed by atoms with Crippen LogP contribution in [0, 0.1) is 0 Å².